The van der Waals surface area contributed by atoms with E-state index in [1.165, 1.54) is 29.5 Å². The molecule has 0 aromatic heterocycles. The molecule has 1 fully saturated rings. The van der Waals surface area contributed by atoms with Gasteiger partial charge in [-0.1, -0.05) is 0 Å². The Morgan fingerprint density at radius 2 is 1.44 bits per heavy atom. The van der Waals surface area contributed by atoms with E-state index in [0.29, 0.717) is 5.92 Å². The average Bonchev–Trinajstić information content (AvgIpc) is 3.48. The number of hydrogen-bond acceptors (Lipinski definition) is 0. The molecule has 1 heterocycles. The molecule has 168 valence electrons. The van der Waals surface area contributed by atoms with E-state index in [4.69, 9.17) is 0 Å². The first-order valence-corrected chi connectivity index (χ1v) is 19.8. The Labute approximate surface area is 214 Å². The normalized spacial score (nSPS) is 21.9. The Morgan fingerprint density at radius 3 is 2.06 bits per heavy atom. The maximum Gasteiger partial charge on any atom is -0.147 e. The molecule has 1 aliphatic heterocycles. The molecule has 2 atom stereocenters. The van der Waals surface area contributed by atoms with E-state index < -0.39 is 20.4 Å². The molecule has 0 saturated carbocycles. The largest absolute Gasteiger partial charge is 0.147 e. The van der Waals surface area contributed by atoms with Gasteiger partial charge in [0.15, 0.2) is 0 Å². The topological polar surface area (TPSA) is 0 Å². The first-order valence-electron chi connectivity index (χ1n) is 11.5. The second-order valence-corrected chi connectivity index (χ2v) is 24.8. The van der Waals surface area contributed by atoms with Crippen molar-refractivity contribution < 1.29 is 20.4 Å². The van der Waals surface area contributed by atoms with Crippen LogP contribution in [0.4, 0.5) is 0 Å². The Balaban J connectivity index is 0.00000144. The smallest absolute Gasteiger partial charge is 0.147 e. The van der Waals surface area contributed by atoms with Gasteiger partial charge in [0.2, 0.25) is 0 Å². The summed E-state index contributed by atoms with van der Waals surface area (Å²) in [6, 6.07) is 23.7. The molecule has 2 aromatic rings. The maximum atomic E-state index is 2.74. The summed E-state index contributed by atoms with van der Waals surface area (Å²) >= 11 is -1.89. The van der Waals surface area contributed by atoms with Gasteiger partial charge in [-0.2, -0.15) is 0 Å². The molecule has 0 nitrogen and oxygen atoms in total. The maximum absolute atomic E-state index is 2.74. The van der Waals surface area contributed by atoms with Gasteiger partial charge < -0.3 is 0 Å². The number of fused-ring (bicyclic) bond motifs is 1. The van der Waals surface area contributed by atoms with Crippen molar-refractivity contribution in [2.24, 2.45) is 5.92 Å². The van der Waals surface area contributed by atoms with Gasteiger partial charge in [-0.25, -0.2) is 0 Å². The molecule has 1 saturated heterocycles. The molecule has 0 bridgehead atoms. The van der Waals surface area contributed by atoms with Crippen molar-refractivity contribution in [1.82, 2.24) is 0 Å². The van der Waals surface area contributed by atoms with E-state index in [1.807, 2.05) is 3.28 Å². The SMILES string of the molecule is CC1=C(C)C(C)[C]([Zr]([CH]2C=C(c3ccccc3)c3ccccc32)=[Si]2CCCC2)=C1C.Cl.Cl. The molecule has 4 heteroatoms. The van der Waals surface area contributed by atoms with Crippen molar-refractivity contribution in [2.45, 2.75) is 56.3 Å². The van der Waals surface area contributed by atoms with E-state index in [0.717, 1.165) is 3.63 Å². The Hall–Kier alpha value is -0.660. The predicted octanol–water partition coefficient (Wildman–Crippen LogP) is 8.68. The molecule has 0 spiro atoms. The zero-order valence-corrected chi connectivity index (χ0v) is 24.7. The molecular weight excluding hydrogens is 527 g/mol. The Morgan fingerprint density at radius 1 is 0.812 bits per heavy atom. The number of benzene rings is 2. The predicted molar refractivity (Wildman–Crippen MR) is 142 cm³/mol. The molecule has 0 amide bonds. The summed E-state index contributed by atoms with van der Waals surface area (Å²) in [5.74, 6) is 0.693. The van der Waals surface area contributed by atoms with E-state index in [2.05, 4.69) is 88.4 Å². The first-order chi connectivity index (χ1) is 14.6. The molecular formula is C28H34Cl2SiZr. The van der Waals surface area contributed by atoms with Gasteiger partial charge >= 0.3 is 191 Å². The minimum Gasteiger partial charge on any atom is -0.147 e. The first kappa shape index (κ1) is 26.0. The van der Waals surface area contributed by atoms with E-state index >= 15 is 0 Å². The summed E-state index contributed by atoms with van der Waals surface area (Å²) in [7, 11) is 0. The van der Waals surface area contributed by atoms with Crippen LogP contribution in [0, 0.1) is 5.92 Å². The van der Waals surface area contributed by atoms with Crippen LogP contribution in [-0.2, 0) is 20.4 Å². The standard InChI is InChI=1S/C15H11.C9H13.C4H8Si.2ClH.Zr/c1-2-6-12(7-3-1)15-11-10-13-8-4-5-9-14(13)15;1-6-5-7(2)9(4)8(6)3;1-2-4-5-3-1;;;/h1-11H;6H,1-4H3;1-4H2;2*1H;. The van der Waals surface area contributed by atoms with Crippen LogP contribution in [0.3, 0.4) is 0 Å². The van der Waals surface area contributed by atoms with Crippen LogP contribution in [0.5, 0.6) is 0 Å². The zero-order chi connectivity index (χ0) is 20.8. The minimum absolute atomic E-state index is 0. The number of allylic oxidation sites excluding steroid dienone is 5. The van der Waals surface area contributed by atoms with Crippen LogP contribution in [0.15, 0.2) is 80.7 Å². The fourth-order valence-corrected chi connectivity index (χ4v) is 31.5. The third kappa shape index (κ3) is 4.38. The van der Waals surface area contributed by atoms with Gasteiger partial charge in [-0.15, -0.1) is 24.8 Å². The molecule has 0 radical (unpaired) electrons. The van der Waals surface area contributed by atoms with Crippen molar-refractivity contribution in [1.29, 1.82) is 0 Å². The van der Waals surface area contributed by atoms with Gasteiger partial charge in [0.05, 0.1) is 0 Å². The number of hydrogen-bond donors (Lipinski definition) is 0. The summed E-state index contributed by atoms with van der Waals surface area (Å²) < 4.78 is 2.71. The third-order valence-electron chi connectivity index (χ3n) is 7.83. The molecule has 0 N–H and O–H groups in total. The molecule has 32 heavy (non-hydrogen) atoms. The van der Waals surface area contributed by atoms with Crippen molar-refractivity contribution in [3.05, 3.63) is 97.4 Å². The van der Waals surface area contributed by atoms with Crippen LogP contribution < -0.4 is 0 Å². The van der Waals surface area contributed by atoms with Crippen LogP contribution in [0.25, 0.3) is 5.57 Å². The zero-order valence-electron chi connectivity index (χ0n) is 19.6. The van der Waals surface area contributed by atoms with Crippen molar-refractivity contribution in [2.75, 3.05) is 0 Å². The van der Waals surface area contributed by atoms with E-state index in [1.54, 1.807) is 34.4 Å². The fourth-order valence-electron chi connectivity index (χ4n) is 5.92. The summed E-state index contributed by atoms with van der Waals surface area (Å²) in [5, 5.41) is 0. The van der Waals surface area contributed by atoms with Crippen LogP contribution in [0.2, 0.25) is 12.1 Å². The van der Waals surface area contributed by atoms with Gasteiger partial charge in [0.1, 0.15) is 0 Å². The molecule has 2 aromatic carbocycles. The van der Waals surface area contributed by atoms with Crippen molar-refractivity contribution >= 4 is 35.8 Å². The molecule has 5 rings (SSSR count). The van der Waals surface area contributed by atoms with Gasteiger partial charge in [0.25, 0.3) is 0 Å². The van der Waals surface area contributed by atoms with Gasteiger partial charge in [-0.05, 0) is 0 Å². The summed E-state index contributed by atoms with van der Waals surface area (Å²) in [6.07, 6.45) is 5.73. The molecule has 3 aliphatic rings. The number of halogens is 2. The molecule has 2 unspecified atom stereocenters. The average molecular weight is 561 g/mol. The Kier molecular flexibility index (Phi) is 8.70. The van der Waals surface area contributed by atoms with Crippen LogP contribution in [-0.4, -0.2) is 5.43 Å². The number of rotatable bonds is 3. The van der Waals surface area contributed by atoms with Crippen LogP contribution >= 0.6 is 24.8 Å². The molecule has 2 aliphatic carbocycles. The summed E-state index contributed by atoms with van der Waals surface area (Å²) in [4.78, 5) is 0. The fraction of sp³-hybridized carbons (Fsp3) is 0.357. The van der Waals surface area contributed by atoms with Crippen molar-refractivity contribution in [3.63, 3.8) is 0 Å². The summed E-state index contributed by atoms with van der Waals surface area (Å²) in [6.45, 7) is 9.76. The van der Waals surface area contributed by atoms with Gasteiger partial charge in [-0.3, -0.25) is 0 Å². The van der Waals surface area contributed by atoms with E-state index in [9.17, 15) is 0 Å². The third-order valence-corrected chi connectivity index (χ3v) is 29.4. The Bertz CT molecular complexity index is 1130. The second-order valence-electron chi connectivity index (χ2n) is 9.30. The van der Waals surface area contributed by atoms with Gasteiger partial charge in [0, 0.05) is 0 Å². The second kappa shape index (κ2) is 10.7. The minimum atomic E-state index is -1.89. The van der Waals surface area contributed by atoms with E-state index in [-0.39, 0.29) is 30.2 Å². The monoisotopic (exact) mass is 558 g/mol. The summed E-state index contributed by atoms with van der Waals surface area (Å²) in [5.41, 5.74) is 10.8. The van der Waals surface area contributed by atoms with Crippen molar-refractivity contribution in [3.8, 4) is 0 Å². The quantitative estimate of drug-likeness (QED) is 0.330. The van der Waals surface area contributed by atoms with Crippen LogP contribution in [0.1, 0.15) is 60.9 Å².